The molecule has 0 radical (unpaired) electrons. The second kappa shape index (κ2) is 4.27. The van der Waals surface area contributed by atoms with Gasteiger partial charge in [0.25, 0.3) is 0 Å². The lowest BCUT2D eigenvalue weighted by atomic mass is 10.2. The van der Waals surface area contributed by atoms with Gasteiger partial charge in [-0.1, -0.05) is 54.6 Å². The molecule has 0 aliphatic carbocycles. The molecular weight excluding hydrogens is 215 g/mol. The first-order chi connectivity index (χ1) is 7.62. The van der Waals surface area contributed by atoms with Crippen LogP contribution < -0.4 is 10.6 Å². The maximum Gasteiger partial charge on any atom is 0.140 e. The molecule has 0 saturated heterocycles. The number of rotatable bonds is 2. The lowest BCUT2D eigenvalue weighted by Gasteiger charge is -2.15. The van der Waals surface area contributed by atoms with E-state index in [1.807, 2.05) is 68.2 Å². The fourth-order valence-corrected chi connectivity index (χ4v) is 4.03. The van der Waals surface area contributed by atoms with Crippen LogP contribution in [-0.2, 0) is 4.57 Å². The summed E-state index contributed by atoms with van der Waals surface area (Å²) in [7, 11) is -2.43. The van der Waals surface area contributed by atoms with Crippen LogP contribution in [-0.4, -0.2) is 6.66 Å². The lowest BCUT2D eigenvalue weighted by Crippen LogP contribution is -2.17. The Morgan fingerprint density at radius 2 is 1.44 bits per heavy atom. The molecule has 1 unspecified atom stereocenters. The summed E-state index contributed by atoms with van der Waals surface area (Å²) in [5, 5.41) is 1.88. The van der Waals surface area contributed by atoms with E-state index in [0.717, 1.165) is 16.2 Å². The van der Waals surface area contributed by atoms with Crippen molar-refractivity contribution in [3.8, 4) is 0 Å². The second-order valence-corrected chi connectivity index (χ2v) is 6.89. The normalized spacial score (nSPS) is 14.4. The van der Waals surface area contributed by atoms with Gasteiger partial charge in [-0.25, -0.2) is 0 Å². The molecule has 1 nitrogen and oxygen atoms in total. The molecule has 0 bridgehead atoms. The summed E-state index contributed by atoms with van der Waals surface area (Å²) in [6.45, 7) is 3.85. The van der Waals surface area contributed by atoms with Gasteiger partial charge in [-0.2, -0.15) is 0 Å². The van der Waals surface area contributed by atoms with E-state index >= 15 is 0 Å². The largest absolute Gasteiger partial charge is 0.314 e. The molecule has 82 valence electrons. The highest BCUT2D eigenvalue weighted by Gasteiger charge is 2.21. The van der Waals surface area contributed by atoms with Crippen LogP contribution in [0.25, 0.3) is 0 Å². The van der Waals surface area contributed by atoms with Gasteiger partial charge in [-0.15, -0.1) is 0 Å². The molecule has 0 aliphatic heterocycles. The molecule has 0 N–H and O–H groups in total. The highest BCUT2D eigenvalue weighted by molar-refractivity contribution is 7.78. The molecule has 1 atom stereocenters. The zero-order valence-corrected chi connectivity index (χ0v) is 10.4. The van der Waals surface area contributed by atoms with Crippen molar-refractivity contribution in [1.82, 2.24) is 0 Å². The molecule has 0 aromatic heterocycles. The predicted molar refractivity (Wildman–Crippen MR) is 70.4 cm³/mol. The van der Waals surface area contributed by atoms with Crippen LogP contribution in [0, 0.1) is 6.92 Å². The van der Waals surface area contributed by atoms with Gasteiger partial charge in [0, 0.05) is 10.6 Å². The first kappa shape index (κ1) is 11.2. The number of benzene rings is 2. The van der Waals surface area contributed by atoms with Crippen LogP contribution in [0.15, 0.2) is 54.6 Å². The first-order valence-electron chi connectivity index (χ1n) is 5.32. The van der Waals surface area contributed by atoms with Gasteiger partial charge in [0.2, 0.25) is 0 Å². The van der Waals surface area contributed by atoms with Crippen molar-refractivity contribution in [2.75, 3.05) is 6.66 Å². The molecule has 2 rings (SSSR count). The maximum absolute atomic E-state index is 12.8. The zero-order chi connectivity index (χ0) is 11.6. The summed E-state index contributed by atoms with van der Waals surface area (Å²) in [4.78, 5) is 0. The number of aryl methyl sites for hydroxylation is 1. The molecule has 0 saturated carbocycles. The van der Waals surface area contributed by atoms with Gasteiger partial charge in [-0.3, -0.25) is 0 Å². The van der Waals surface area contributed by atoms with E-state index in [1.54, 1.807) is 0 Å². The van der Waals surface area contributed by atoms with E-state index in [4.69, 9.17) is 0 Å². The van der Waals surface area contributed by atoms with E-state index < -0.39 is 7.14 Å². The summed E-state index contributed by atoms with van der Waals surface area (Å²) >= 11 is 0. The maximum atomic E-state index is 12.8. The van der Waals surface area contributed by atoms with Crippen molar-refractivity contribution in [1.29, 1.82) is 0 Å². The lowest BCUT2D eigenvalue weighted by molar-refractivity contribution is 0.590. The summed E-state index contributed by atoms with van der Waals surface area (Å²) in [5.74, 6) is 0. The third-order valence-corrected chi connectivity index (χ3v) is 5.53. The van der Waals surface area contributed by atoms with Crippen molar-refractivity contribution in [2.24, 2.45) is 0 Å². The van der Waals surface area contributed by atoms with Crippen molar-refractivity contribution in [2.45, 2.75) is 6.92 Å². The third-order valence-electron chi connectivity index (χ3n) is 2.82. The molecule has 2 aromatic carbocycles. The summed E-state index contributed by atoms with van der Waals surface area (Å²) in [5.41, 5.74) is 1.09. The number of hydrogen-bond donors (Lipinski definition) is 0. The molecular formula is C14H15OP. The quantitative estimate of drug-likeness (QED) is 0.725. The minimum Gasteiger partial charge on any atom is -0.314 e. The Morgan fingerprint density at radius 3 is 2.06 bits per heavy atom. The molecule has 2 aromatic rings. The second-order valence-electron chi connectivity index (χ2n) is 4.05. The first-order valence-corrected chi connectivity index (χ1v) is 7.47. The Labute approximate surface area is 96.5 Å². The van der Waals surface area contributed by atoms with Crippen LogP contribution in [0.4, 0.5) is 0 Å². The standard InChI is InChI=1S/C14H15OP/c1-12-8-6-7-11-14(12)16(2,15)13-9-4-3-5-10-13/h3-11H,1-2H3. The van der Waals surface area contributed by atoms with E-state index in [9.17, 15) is 4.57 Å². The Bertz CT molecular complexity index is 531. The van der Waals surface area contributed by atoms with Crippen molar-refractivity contribution in [3.05, 3.63) is 60.2 Å². The topological polar surface area (TPSA) is 17.1 Å². The van der Waals surface area contributed by atoms with Gasteiger partial charge in [0.15, 0.2) is 0 Å². The van der Waals surface area contributed by atoms with Gasteiger partial charge in [0.05, 0.1) is 0 Å². The highest BCUT2D eigenvalue weighted by atomic mass is 31.2. The molecule has 0 aliphatic rings. The molecule has 16 heavy (non-hydrogen) atoms. The van der Waals surface area contributed by atoms with E-state index in [2.05, 4.69) is 0 Å². The van der Waals surface area contributed by atoms with E-state index in [-0.39, 0.29) is 0 Å². The monoisotopic (exact) mass is 230 g/mol. The average Bonchev–Trinajstić information content (AvgIpc) is 2.30. The van der Waals surface area contributed by atoms with Crippen LogP contribution >= 0.6 is 7.14 Å². The fourth-order valence-electron chi connectivity index (χ4n) is 1.89. The van der Waals surface area contributed by atoms with Gasteiger partial charge in [0.1, 0.15) is 7.14 Å². The fraction of sp³-hybridized carbons (Fsp3) is 0.143. The molecule has 0 spiro atoms. The summed E-state index contributed by atoms with van der Waals surface area (Å²) in [6.07, 6.45) is 0. The minimum atomic E-state index is -2.43. The van der Waals surface area contributed by atoms with Crippen LogP contribution in [0.3, 0.4) is 0 Å². The predicted octanol–water partition coefficient (Wildman–Crippen LogP) is 2.94. The van der Waals surface area contributed by atoms with Crippen LogP contribution in [0.1, 0.15) is 5.56 Å². The van der Waals surface area contributed by atoms with Crippen LogP contribution in [0.5, 0.6) is 0 Å². The Kier molecular flexibility index (Phi) is 2.98. The third kappa shape index (κ3) is 1.96. The van der Waals surface area contributed by atoms with Gasteiger partial charge >= 0.3 is 0 Å². The van der Waals surface area contributed by atoms with E-state index in [1.165, 1.54) is 0 Å². The van der Waals surface area contributed by atoms with Crippen molar-refractivity contribution < 1.29 is 4.57 Å². The van der Waals surface area contributed by atoms with Gasteiger partial charge < -0.3 is 4.57 Å². The molecule has 0 amide bonds. The Balaban J connectivity index is 2.56. The number of hydrogen-bond acceptors (Lipinski definition) is 1. The van der Waals surface area contributed by atoms with E-state index in [0.29, 0.717) is 0 Å². The van der Waals surface area contributed by atoms with Gasteiger partial charge in [-0.05, 0) is 19.2 Å². The van der Waals surface area contributed by atoms with Crippen LogP contribution in [0.2, 0.25) is 0 Å². The average molecular weight is 230 g/mol. The SMILES string of the molecule is Cc1ccccc1P(C)(=O)c1ccccc1. The summed E-state index contributed by atoms with van der Waals surface area (Å²) in [6, 6.07) is 17.6. The Hall–Kier alpha value is -1.33. The molecule has 0 heterocycles. The molecule has 0 fully saturated rings. The highest BCUT2D eigenvalue weighted by Crippen LogP contribution is 2.39. The smallest absolute Gasteiger partial charge is 0.140 e. The zero-order valence-electron chi connectivity index (χ0n) is 9.55. The minimum absolute atomic E-state index is 0.921. The molecule has 2 heteroatoms. The van der Waals surface area contributed by atoms with Crippen molar-refractivity contribution >= 4 is 17.8 Å². The Morgan fingerprint density at radius 1 is 0.875 bits per heavy atom. The summed E-state index contributed by atoms with van der Waals surface area (Å²) < 4.78 is 12.8. The van der Waals surface area contributed by atoms with Crippen molar-refractivity contribution in [3.63, 3.8) is 0 Å².